The number of carbonyl (C=O) groups excluding carboxylic acids is 6. The summed E-state index contributed by atoms with van der Waals surface area (Å²) < 4.78 is 0. The third-order valence-corrected chi connectivity index (χ3v) is 12.0. The molecule has 2 aromatic rings. The zero-order valence-corrected chi connectivity index (χ0v) is 36.9. The fourth-order valence-corrected chi connectivity index (χ4v) is 8.35. The van der Waals surface area contributed by atoms with E-state index in [1.165, 1.54) is 33.7 Å². The van der Waals surface area contributed by atoms with Crippen LogP contribution in [0.2, 0.25) is 0 Å². The fraction of sp³-hybridized carbons (Fsp3) is 0.545. The number of nitrogens with zero attached hydrogens (tertiary/aromatic N) is 2. The second-order valence-electron chi connectivity index (χ2n) is 16.1. The maximum Gasteiger partial charge on any atom is 0.326 e. The van der Waals surface area contributed by atoms with Crippen LogP contribution in [0, 0.1) is 0 Å². The van der Waals surface area contributed by atoms with E-state index >= 15 is 0 Å². The molecule has 64 heavy (non-hydrogen) atoms. The molecular weight excluding hydrogens is 849 g/mol. The molecule has 0 bridgehead atoms. The van der Waals surface area contributed by atoms with E-state index in [2.05, 4.69) is 21.3 Å². The van der Waals surface area contributed by atoms with Gasteiger partial charge in [0.15, 0.2) is 0 Å². The van der Waals surface area contributed by atoms with Gasteiger partial charge in [0, 0.05) is 32.4 Å². The van der Waals surface area contributed by atoms with Gasteiger partial charge in [-0.1, -0.05) is 42.5 Å². The third-order valence-electron chi connectivity index (χ3n) is 11.4. The Morgan fingerprint density at radius 2 is 1.23 bits per heavy atom. The van der Waals surface area contributed by atoms with Crippen LogP contribution in [-0.2, 0) is 51.2 Å². The first-order chi connectivity index (χ1) is 30.6. The van der Waals surface area contributed by atoms with Crippen molar-refractivity contribution in [1.29, 1.82) is 0 Å². The van der Waals surface area contributed by atoms with Gasteiger partial charge in [-0.05, 0) is 99.6 Å². The van der Waals surface area contributed by atoms with Crippen LogP contribution >= 0.6 is 11.8 Å². The molecule has 2 aromatic carbocycles. The number of unbranched alkanes of at least 4 members (excludes halogenated alkanes) is 1. The summed E-state index contributed by atoms with van der Waals surface area (Å²) in [5.41, 5.74) is 12.9. The molecule has 2 fully saturated rings. The van der Waals surface area contributed by atoms with E-state index in [4.69, 9.17) is 16.6 Å². The van der Waals surface area contributed by atoms with E-state index < -0.39 is 89.7 Å². The fourth-order valence-electron chi connectivity index (χ4n) is 7.88. The summed E-state index contributed by atoms with van der Waals surface area (Å²) in [6, 6.07) is 6.98. The van der Waals surface area contributed by atoms with Crippen molar-refractivity contribution in [2.45, 2.75) is 119 Å². The summed E-state index contributed by atoms with van der Waals surface area (Å²) >= 11 is 1.45. The number of carboxylic acid groups (broad SMARTS) is 2. The van der Waals surface area contributed by atoms with Gasteiger partial charge in [0.2, 0.25) is 35.4 Å². The second-order valence-corrected chi connectivity index (χ2v) is 17.1. The van der Waals surface area contributed by atoms with E-state index in [0.29, 0.717) is 43.5 Å². The minimum atomic E-state index is -1.35. The average Bonchev–Trinajstić information content (AvgIpc) is 3.98. The van der Waals surface area contributed by atoms with Crippen LogP contribution in [-0.4, -0.2) is 146 Å². The molecule has 350 valence electrons. The van der Waals surface area contributed by atoms with Gasteiger partial charge < -0.3 is 57.9 Å². The van der Waals surface area contributed by atoms with E-state index in [-0.39, 0.29) is 70.2 Å². The number of phenolic OH excluding ortho intramolecular Hbond substituents is 1. The molecule has 11 N–H and O–H groups in total. The molecule has 0 aliphatic carbocycles. The highest BCUT2D eigenvalue weighted by Gasteiger charge is 2.42. The topological polar surface area (TPSA) is 304 Å². The molecule has 2 saturated heterocycles. The number of aliphatic carboxylic acids is 2. The molecule has 6 amide bonds. The molecule has 20 heteroatoms. The summed E-state index contributed by atoms with van der Waals surface area (Å²) in [7, 11) is 0. The van der Waals surface area contributed by atoms with Crippen LogP contribution in [0.1, 0.15) is 75.3 Å². The van der Waals surface area contributed by atoms with Gasteiger partial charge in [0.1, 0.15) is 42.0 Å². The highest BCUT2D eigenvalue weighted by molar-refractivity contribution is 7.98. The van der Waals surface area contributed by atoms with Gasteiger partial charge in [0.05, 0.1) is 6.04 Å². The summed E-state index contributed by atoms with van der Waals surface area (Å²) in [4.78, 5) is 109. The molecule has 0 aromatic heterocycles. The Morgan fingerprint density at radius 1 is 0.688 bits per heavy atom. The molecule has 7 atom stereocenters. The molecule has 2 aliphatic rings. The first-order valence-electron chi connectivity index (χ1n) is 21.7. The highest BCUT2D eigenvalue weighted by atomic mass is 32.2. The summed E-state index contributed by atoms with van der Waals surface area (Å²) in [6.45, 7) is 0.714. The minimum absolute atomic E-state index is 0.00239. The van der Waals surface area contributed by atoms with Crippen molar-refractivity contribution in [3.8, 4) is 5.75 Å². The van der Waals surface area contributed by atoms with Crippen molar-refractivity contribution >= 4 is 59.1 Å². The number of nitrogens with one attached hydrogen (secondary N) is 4. The van der Waals surface area contributed by atoms with Crippen molar-refractivity contribution in [2.75, 3.05) is 31.6 Å². The lowest BCUT2D eigenvalue weighted by atomic mass is 10.0. The van der Waals surface area contributed by atoms with E-state index in [0.717, 1.165) is 5.56 Å². The highest BCUT2D eigenvalue weighted by Crippen LogP contribution is 2.23. The van der Waals surface area contributed by atoms with Crippen molar-refractivity contribution in [1.82, 2.24) is 31.1 Å². The summed E-state index contributed by atoms with van der Waals surface area (Å²) in [6.07, 6.45) is 4.15. The van der Waals surface area contributed by atoms with Crippen LogP contribution in [0.25, 0.3) is 0 Å². The molecule has 0 saturated carbocycles. The number of aromatic hydroxyl groups is 1. The number of benzene rings is 2. The summed E-state index contributed by atoms with van der Waals surface area (Å²) in [5, 5.41) is 39.4. The normalized spacial score (nSPS) is 18.2. The minimum Gasteiger partial charge on any atom is -0.508 e. The van der Waals surface area contributed by atoms with Gasteiger partial charge in [-0.15, -0.1) is 0 Å². The Bertz CT molecular complexity index is 1920. The standard InChI is InChI=1S/C44H62N8O11S/c1-64-24-20-32(48-38(56)30(46)18-19-37(54)55)42(60)51-22-7-13-36(51)41(59)49-33(25-27-9-3-2-4-10-27)43(61)52-23-8-12-35(52)40(58)47-31(11-5-6-21-45)39(57)50-34(44(62)63)26-28-14-16-29(53)17-15-28/h2-4,9-10,14-17,30-36,53H,5-8,11-13,18-26,45-46H2,1H3,(H,47,58)(H,48,56)(H,49,59)(H,50,57)(H,54,55)(H,62,63)/t30-,31-,32-,33-,34-,35-,36-/m0/s1. The van der Waals surface area contributed by atoms with Gasteiger partial charge >= 0.3 is 11.9 Å². The number of carbonyl (C=O) groups is 8. The Balaban J connectivity index is 1.51. The molecule has 0 spiro atoms. The van der Waals surface area contributed by atoms with E-state index in [9.17, 15) is 48.6 Å². The van der Waals surface area contributed by atoms with E-state index in [1.54, 1.807) is 42.5 Å². The predicted molar refractivity (Wildman–Crippen MR) is 238 cm³/mol. The van der Waals surface area contributed by atoms with Crippen molar-refractivity contribution < 1.29 is 53.7 Å². The number of likely N-dealkylation sites (tertiary alicyclic amines) is 2. The lowest BCUT2D eigenvalue weighted by molar-refractivity contribution is -0.145. The first kappa shape index (κ1) is 50.9. The zero-order chi connectivity index (χ0) is 46.8. The first-order valence-corrected chi connectivity index (χ1v) is 23.1. The molecule has 4 rings (SSSR count). The molecule has 2 aliphatic heterocycles. The Labute approximate surface area is 376 Å². The molecule has 0 unspecified atom stereocenters. The number of thioether (sulfide) groups is 1. The van der Waals surface area contributed by atoms with Gasteiger partial charge in [-0.3, -0.25) is 33.6 Å². The predicted octanol–water partition coefficient (Wildman–Crippen LogP) is 0.257. The smallest absolute Gasteiger partial charge is 0.326 e. The summed E-state index contributed by atoms with van der Waals surface area (Å²) in [5.74, 6) is -5.60. The maximum absolute atomic E-state index is 14.6. The van der Waals surface area contributed by atoms with Crippen LogP contribution < -0.4 is 32.7 Å². The number of amides is 6. The largest absolute Gasteiger partial charge is 0.508 e. The molecule has 0 radical (unpaired) electrons. The number of hydrogen-bond acceptors (Lipinski definition) is 12. The molecule has 2 heterocycles. The Morgan fingerprint density at radius 3 is 1.80 bits per heavy atom. The van der Waals surface area contributed by atoms with Crippen molar-refractivity contribution in [2.24, 2.45) is 11.5 Å². The Kier molecular flexibility index (Phi) is 20.3. The van der Waals surface area contributed by atoms with Gasteiger partial charge in [-0.25, -0.2) is 4.79 Å². The van der Waals surface area contributed by atoms with E-state index in [1.807, 2.05) is 6.26 Å². The molecule has 19 nitrogen and oxygen atoms in total. The third kappa shape index (κ3) is 15.2. The van der Waals surface area contributed by atoms with Crippen LogP contribution in [0.5, 0.6) is 5.75 Å². The number of hydrogen-bond donors (Lipinski definition) is 9. The number of nitrogens with two attached hydrogens (primary N) is 2. The number of phenols is 1. The number of carboxylic acids is 2. The van der Waals surface area contributed by atoms with Crippen LogP contribution in [0.15, 0.2) is 54.6 Å². The number of rotatable bonds is 25. The average molecular weight is 911 g/mol. The van der Waals surface area contributed by atoms with Gasteiger partial charge in [0.25, 0.3) is 0 Å². The quantitative estimate of drug-likeness (QED) is 0.0604. The zero-order valence-electron chi connectivity index (χ0n) is 36.1. The SMILES string of the molecule is CSCC[C@H](NC(=O)[C@@H](N)CCC(=O)O)C(=O)N1CCC[C@H]1C(=O)N[C@@H](Cc1ccccc1)C(=O)N1CCC[C@H]1C(=O)N[C@@H](CCCCN)C(=O)N[C@@H](Cc1ccc(O)cc1)C(=O)O. The van der Waals surface area contributed by atoms with Crippen LogP contribution in [0.3, 0.4) is 0 Å². The maximum atomic E-state index is 14.6. The monoisotopic (exact) mass is 910 g/mol. The lowest BCUT2D eigenvalue weighted by Gasteiger charge is -2.32. The van der Waals surface area contributed by atoms with Gasteiger partial charge in [-0.2, -0.15) is 11.8 Å². The lowest BCUT2D eigenvalue weighted by Crippen LogP contribution is -2.59. The second kappa shape index (κ2) is 25.5. The molecular formula is C44H62N8O11S. The van der Waals surface area contributed by atoms with Crippen LogP contribution in [0.4, 0.5) is 0 Å². The van der Waals surface area contributed by atoms with Crippen molar-refractivity contribution in [3.63, 3.8) is 0 Å². The Hall–Kier alpha value is -5.73. The van der Waals surface area contributed by atoms with Crippen molar-refractivity contribution in [3.05, 3.63) is 65.7 Å².